The van der Waals surface area contributed by atoms with Crippen LogP contribution in [-0.2, 0) is 14.8 Å². The topological polar surface area (TPSA) is 113 Å². The third-order valence-corrected chi connectivity index (χ3v) is 4.02. The minimum atomic E-state index is -3.87. The number of anilines is 1. The maximum atomic E-state index is 13.6. The van der Waals surface area contributed by atoms with Crippen molar-refractivity contribution in [1.82, 2.24) is 0 Å². The molecule has 0 unspecified atom stereocenters. The summed E-state index contributed by atoms with van der Waals surface area (Å²) >= 11 is 0. The molecule has 0 atom stereocenters. The van der Waals surface area contributed by atoms with Gasteiger partial charge < -0.3 is 5.32 Å². The summed E-state index contributed by atoms with van der Waals surface area (Å²) in [6.45, 7) is 0. The van der Waals surface area contributed by atoms with Gasteiger partial charge in [0.2, 0.25) is 10.0 Å². The Balaban J connectivity index is 2.25. The number of nitriles is 1. The summed E-state index contributed by atoms with van der Waals surface area (Å²) in [6, 6.07) is 9.85. The van der Waals surface area contributed by atoms with Crippen molar-refractivity contribution >= 4 is 27.7 Å². The van der Waals surface area contributed by atoms with Crippen molar-refractivity contribution in [2.45, 2.75) is 4.90 Å². The number of amides is 1. The van der Waals surface area contributed by atoms with E-state index in [-0.39, 0.29) is 16.1 Å². The largest absolute Gasteiger partial charge is 0.321 e. The van der Waals surface area contributed by atoms with Crippen molar-refractivity contribution in [3.63, 3.8) is 0 Å². The molecule has 0 aromatic heterocycles. The number of primary sulfonamides is 1. The second kappa shape index (κ2) is 7.21. The molecule has 2 rings (SSSR count). The smallest absolute Gasteiger partial charge is 0.266 e. The average molecular weight is 363 g/mol. The van der Waals surface area contributed by atoms with Crippen molar-refractivity contribution in [2.24, 2.45) is 5.14 Å². The zero-order valence-corrected chi connectivity index (χ0v) is 13.3. The first kappa shape index (κ1) is 18.3. The number of halogens is 2. The molecule has 0 bridgehead atoms. The first-order chi connectivity index (χ1) is 11.7. The number of carbonyl (C=O) groups excluding carboxylic acids is 1. The fourth-order valence-electron chi connectivity index (χ4n) is 1.86. The van der Waals surface area contributed by atoms with Gasteiger partial charge in [-0.2, -0.15) is 5.26 Å². The molecular weight excluding hydrogens is 352 g/mol. The minimum Gasteiger partial charge on any atom is -0.321 e. The fraction of sp³-hybridized carbons (Fsp3) is 0. The molecular formula is C16H11F2N3O3S. The van der Waals surface area contributed by atoms with E-state index in [1.54, 1.807) is 6.07 Å². The van der Waals surface area contributed by atoms with E-state index in [4.69, 9.17) is 10.4 Å². The monoisotopic (exact) mass is 363 g/mol. The van der Waals surface area contributed by atoms with Crippen molar-refractivity contribution in [3.05, 3.63) is 65.2 Å². The Labute approximate surface area is 142 Å². The molecule has 1 amide bonds. The van der Waals surface area contributed by atoms with Gasteiger partial charge in [0.25, 0.3) is 5.91 Å². The lowest BCUT2D eigenvalue weighted by molar-refractivity contribution is -0.112. The molecule has 0 fully saturated rings. The molecule has 0 aliphatic rings. The van der Waals surface area contributed by atoms with Gasteiger partial charge in [0.1, 0.15) is 11.6 Å². The van der Waals surface area contributed by atoms with Crippen LogP contribution in [0.1, 0.15) is 5.56 Å². The molecule has 0 spiro atoms. The van der Waals surface area contributed by atoms with E-state index in [1.165, 1.54) is 36.4 Å². The third kappa shape index (κ3) is 4.47. The summed E-state index contributed by atoms with van der Waals surface area (Å²) in [7, 11) is -3.87. The number of sulfonamides is 1. The van der Waals surface area contributed by atoms with Crippen molar-refractivity contribution in [2.75, 3.05) is 5.32 Å². The number of nitrogens with two attached hydrogens (primary N) is 1. The molecule has 25 heavy (non-hydrogen) atoms. The van der Waals surface area contributed by atoms with Gasteiger partial charge in [-0.05, 0) is 36.4 Å². The summed E-state index contributed by atoms with van der Waals surface area (Å²) in [6.07, 6.45) is 0.909. The predicted octanol–water partition coefficient (Wildman–Crippen LogP) is 2.16. The van der Waals surface area contributed by atoms with Gasteiger partial charge in [-0.3, -0.25) is 4.79 Å². The maximum absolute atomic E-state index is 13.6. The first-order valence-corrected chi connectivity index (χ1v) is 8.27. The lowest BCUT2D eigenvalue weighted by Gasteiger charge is -2.06. The molecule has 2 aromatic carbocycles. The highest BCUT2D eigenvalue weighted by molar-refractivity contribution is 7.89. The van der Waals surface area contributed by atoms with Gasteiger partial charge in [-0.25, -0.2) is 22.3 Å². The quantitative estimate of drug-likeness (QED) is 0.640. The molecule has 128 valence electrons. The number of hydrogen-bond donors (Lipinski definition) is 2. The average Bonchev–Trinajstić information content (AvgIpc) is 2.55. The zero-order chi connectivity index (χ0) is 18.6. The highest BCUT2D eigenvalue weighted by Gasteiger charge is 2.13. The number of nitrogens with zero attached hydrogens (tertiary/aromatic N) is 1. The molecule has 0 radical (unpaired) electrons. The van der Waals surface area contributed by atoms with Gasteiger partial charge in [0.05, 0.1) is 4.90 Å². The molecule has 0 heterocycles. The van der Waals surface area contributed by atoms with Crippen LogP contribution in [0.15, 0.2) is 52.9 Å². The molecule has 2 aromatic rings. The zero-order valence-electron chi connectivity index (χ0n) is 12.5. The summed E-state index contributed by atoms with van der Waals surface area (Å²) in [5, 5.41) is 16.4. The normalized spacial score (nSPS) is 11.7. The number of nitrogens with one attached hydrogen (secondary N) is 1. The Morgan fingerprint density at radius 3 is 2.36 bits per heavy atom. The van der Waals surface area contributed by atoms with E-state index < -0.39 is 33.1 Å². The molecule has 0 saturated carbocycles. The molecule has 0 saturated heterocycles. The van der Waals surface area contributed by atoms with Crippen LogP contribution in [0.25, 0.3) is 6.08 Å². The van der Waals surface area contributed by atoms with Crippen LogP contribution < -0.4 is 10.5 Å². The first-order valence-electron chi connectivity index (χ1n) is 6.72. The predicted molar refractivity (Wildman–Crippen MR) is 86.4 cm³/mol. The van der Waals surface area contributed by atoms with E-state index in [0.29, 0.717) is 0 Å². The van der Waals surface area contributed by atoms with E-state index >= 15 is 0 Å². The second-order valence-electron chi connectivity index (χ2n) is 4.84. The molecule has 6 nitrogen and oxygen atoms in total. The van der Waals surface area contributed by atoms with Gasteiger partial charge in [0.15, 0.2) is 11.6 Å². The summed E-state index contributed by atoms with van der Waals surface area (Å²) < 4.78 is 49.1. The number of hydrogen-bond acceptors (Lipinski definition) is 4. The van der Waals surface area contributed by atoms with Crippen LogP contribution in [0, 0.1) is 23.0 Å². The molecule has 9 heteroatoms. The Morgan fingerprint density at radius 2 is 1.80 bits per heavy atom. The van der Waals surface area contributed by atoms with Gasteiger partial charge in [-0.1, -0.05) is 12.1 Å². The van der Waals surface area contributed by atoms with Crippen molar-refractivity contribution in [1.29, 1.82) is 5.26 Å². The van der Waals surface area contributed by atoms with Crippen molar-refractivity contribution in [3.8, 4) is 6.07 Å². The highest BCUT2D eigenvalue weighted by atomic mass is 32.2. The lowest BCUT2D eigenvalue weighted by Crippen LogP contribution is -2.14. The third-order valence-electron chi connectivity index (χ3n) is 3.09. The second-order valence-corrected chi connectivity index (χ2v) is 6.40. The molecule has 0 aliphatic heterocycles. The van der Waals surface area contributed by atoms with E-state index in [2.05, 4.69) is 5.32 Å². The summed E-state index contributed by atoms with van der Waals surface area (Å²) in [4.78, 5) is 11.9. The van der Waals surface area contributed by atoms with Crippen LogP contribution in [0.3, 0.4) is 0 Å². The van der Waals surface area contributed by atoms with Crippen LogP contribution in [0.5, 0.6) is 0 Å². The van der Waals surface area contributed by atoms with E-state index in [0.717, 1.165) is 12.1 Å². The van der Waals surface area contributed by atoms with Gasteiger partial charge in [-0.15, -0.1) is 0 Å². The Kier molecular flexibility index (Phi) is 5.26. The van der Waals surface area contributed by atoms with Crippen molar-refractivity contribution < 1.29 is 22.0 Å². The fourth-order valence-corrected chi connectivity index (χ4v) is 2.38. The van der Waals surface area contributed by atoms with E-state index in [1.807, 2.05) is 0 Å². The Morgan fingerprint density at radius 1 is 1.16 bits per heavy atom. The molecule has 0 aliphatic carbocycles. The summed E-state index contributed by atoms with van der Waals surface area (Å²) in [5.74, 6) is -3.15. The lowest BCUT2D eigenvalue weighted by atomic mass is 10.1. The standard InChI is InChI=1S/C16H11F2N3O3S/c17-14-3-1-2-10(15(14)18)8-11(9-19)16(22)21-12-4-6-13(7-5-12)25(20,23)24/h1-8H,(H,21,22)(H2,20,23,24). The highest BCUT2D eigenvalue weighted by Crippen LogP contribution is 2.17. The van der Waals surface area contributed by atoms with Crippen LogP contribution >= 0.6 is 0 Å². The van der Waals surface area contributed by atoms with Crippen LogP contribution in [-0.4, -0.2) is 14.3 Å². The number of carbonyl (C=O) groups is 1. The van der Waals surface area contributed by atoms with Crippen LogP contribution in [0.2, 0.25) is 0 Å². The Bertz CT molecular complexity index is 994. The minimum absolute atomic E-state index is 0.150. The van der Waals surface area contributed by atoms with Gasteiger partial charge >= 0.3 is 0 Å². The SMILES string of the molecule is N#CC(=Cc1cccc(F)c1F)C(=O)Nc1ccc(S(N)(=O)=O)cc1. The van der Waals surface area contributed by atoms with Gasteiger partial charge in [0, 0.05) is 11.3 Å². The van der Waals surface area contributed by atoms with Crippen LogP contribution in [0.4, 0.5) is 14.5 Å². The number of benzene rings is 2. The molecule has 3 N–H and O–H groups in total. The van der Waals surface area contributed by atoms with E-state index in [9.17, 15) is 22.0 Å². The maximum Gasteiger partial charge on any atom is 0.266 e. The summed E-state index contributed by atoms with van der Waals surface area (Å²) in [5.41, 5.74) is -0.519. The number of rotatable bonds is 4. The Hall–Kier alpha value is -3.09.